The van der Waals surface area contributed by atoms with E-state index in [9.17, 15) is 9.00 Å². The van der Waals surface area contributed by atoms with Crippen LogP contribution in [0.15, 0.2) is 29.2 Å². The molecule has 2 amide bonds. The molecule has 0 aliphatic heterocycles. The molecule has 20 heavy (non-hydrogen) atoms. The lowest BCUT2D eigenvalue weighted by molar-refractivity contribution is 0.207. The Morgan fingerprint density at radius 2 is 2.20 bits per heavy atom. The van der Waals surface area contributed by atoms with Crippen LogP contribution in [-0.2, 0) is 10.8 Å². The van der Waals surface area contributed by atoms with E-state index in [0.29, 0.717) is 10.6 Å². The molecule has 0 heterocycles. The van der Waals surface area contributed by atoms with E-state index in [1.54, 1.807) is 47.2 Å². The molecule has 0 saturated heterocycles. The van der Waals surface area contributed by atoms with Gasteiger partial charge >= 0.3 is 6.03 Å². The molecule has 112 valence electrons. The van der Waals surface area contributed by atoms with Gasteiger partial charge in [0.05, 0.1) is 0 Å². The molecule has 1 aromatic carbocycles. The van der Waals surface area contributed by atoms with E-state index < -0.39 is 10.8 Å². The Morgan fingerprint density at radius 3 is 2.75 bits per heavy atom. The highest BCUT2D eigenvalue weighted by Gasteiger charge is 2.17. The van der Waals surface area contributed by atoms with Gasteiger partial charge in [0.25, 0.3) is 0 Å². The van der Waals surface area contributed by atoms with Gasteiger partial charge in [-0.3, -0.25) is 4.21 Å². The Bertz CT molecular complexity index is 480. The predicted molar refractivity (Wildman–Crippen MR) is 88.0 cm³/mol. The third kappa shape index (κ3) is 4.83. The zero-order valence-corrected chi connectivity index (χ0v) is 14.0. The quantitative estimate of drug-likeness (QED) is 0.878. The van der Waals surface area contributed by atoms with Crippen molar-refractivity contribution in [1.29, 1.82) is 0 Å². The highest BCUT2D eigenvalue weighted by molar-refractivity contribution is 7.98. The highest BCUT2D eigenvalue weighted by Crippen LogP contribution is 2.15. The molecular formula is C14H22N2O2S2. The van der Waals surface area contributed by atoms with Gasteiger partial charge in [0, 0.05) is 46.5 Å². The fourth-order valence-electron chi connectivity index (χ4n) is 1.83. The Labute approximate surface area is 127 Å². The van der Waals surface area contributed by atoms with E-state index in [1.807, 2.05) is 13.3 Å². The van der Waals surface area contributed by atoms with Gasteiger partial charge in [-0.05, 0) is 30.9 Å². The number of hydrogen-bond acceptors (Lipinski definition) is 3. The minimum Gasteiger partial charge on any atom is -0.324 e. The van der Waals surface area contributed by atoms with E-state index >= 15 is 0 Å². The van der Waals surface area contributed by atoms with Crippen molar-refractivity contribution < 1.29 is 9.00 Å². The standard InChI is InChI=1S/C14H22N2O2S2/c1-5-12(10-19-3)16(2)14(17)15-11-7-6-8-13(9-11)20(4)18/h6-9,12H,5,10H2,1-4H3,(H,15,17)/t12-,20+/m0/s1. The number of nitrogens with one attached hydrogen (secondary N) is 1. The molecule has 1 aromatic rings. The molecule has 0 aromatic heterocycles. The van der Waals surface area contributed by atoms with Crippen LogP contribution in [0.25, 0.3) is 0 Å². The van der Waals surface area contributed by atoms with Crippen LogP contribution in [0.5, 0.6) is 0 Å². The lowest BCUT2D eigenvalue weighted by Crippen LogP contribution is -2.41. The lowest BCUT2D eigenvalue weighted by Gasteiger charge is -2.27. The number of benzene rings is 1. The number of carbonyl (C=O) groups is 1. The molecule has 0 radical (unpaired) electrons. The first kappa shape index (κ1) is 17.0. The van der Waals surface area contributed by atoms with E-state index in [4.69, 9.17) is 0 Å². The molecule has 6 heteroatoms. The number of thioether (sulfide) groups is 1. The number of hydrogen-bond donors (Lipinski definition) is 1. The molecule has 0 aliphatic carbocycles. The second-order valence-electron chi connectivity index (χ2n) is 4.54. The van der Waals surface area contributed by atoms with Gasteiger partial charge in [-0.2, -0.15) is 11.8 Å². The maximum atomic E-state index is 12.2. The number of rotatable bonds is 6. The summed E-state index contributed by atoms with van der Waals surface area (Å²) in [7, 11) is 0.761. The molecule has 1 N–H and O–H groups in total. The van der Waals surface area contributed by atoms with Crippen LogP contribution in [0.3, 0.4) is 0 Å². The van der Waals surface area contributed by atoms with Crippen LogP contribution in [0, 0.1) is 0 Å². The van der Waals surface area contributed by atoms with Gasteiger partial charge < -0.3 is 10.2 Å². The molecule has 0 unspecified atom stereocenters. The summed E-state index contributed by atoms with van der Waals surface area (Å²) >= 11 is 1.73. The summed E-state index contributed by atoms with van der Waals surface area (Å²) in [6.45, 7) is 2.07. The van der Waals surface area contributed by atoms with Crippen LogP contribution in [0.2, 0.25) is 0 Å². The largest absolute Gasteiger partial charge is 0.324 e. The van der Waals surface area contributed by atoms with E-state index in [1.165, 1.54) is 0 Å². The van der Waals surface area contributed by atoms with E-state index in [2.05, 4.69) is 12.2 Å². The molecule has 2 atom stereocenters. The number of amides is 2. The van der Waals surface area contributed by atoms with Gasteiger partial charge in [-0.1, -0.05) is 13.0 Å². The first-order chi connectivity index (χ1) is 9.49. The van der Waals surface area contributed by atoms with Crippen molar-refractivity contribution in [2.45, 2.75) is 24.3 Å². The molecular weight excluding hydrogens is 292 g/mol. The Morgan fingerprint density at radius 1 is 1.50 bits per heavy atom. The SMILES string of the molecule is CC[C@@H](CSC)N(C)C(=O)Nc1cccc([S@@](C)=O)c1. The van der Waals surface area contributed by atoms with E-state index in [0.717, 1.165) is 12.2 Å². The second kappa shape index (κ2) is 8.32. The predicted octanol–water partition coefficient (Wildman–Crippen LogP) is 3.03. The summed E-state index contributed by atoms with van der Waals surface area (Å²) in [5.41, 5.74) is 0.675. The van der Waals surface area contributed by atoms with Crippen LogP contribution >= 0.6 is 11.8 Å². The summed E-state index contributed by atoms with van der Waals surface area (Å²) in [6.07, 6.45) is 4.58. The van der Waals surface area contributed by atoms with Gasteiger partial charge in [0.15, 0.2) is 0 Å². The topological polar surface area (TPSA) is 49.4 Å². The zero-order chi connectivity index (χ0) is 15.1. The van der Waals surface area contributed by atoms with Crippen molar-refractivity contribution in [2.24, 2.45) is 0 Å². The van der Waals surface area contributed by atoms with Crippen molar-refractivity contribution in [2.75, 3.05) is 30.6 Å². The first-order valence-electron chi connectivity index (χ1n) is 6.45. The van der Waals surface area contributed by atoms with Crippen LogP contribution < -0.4 is 5.32 Å². The summed E-state index contributed by atoms with van der Waals surface area (Å²) in [5, 5.41) is 2.85. The van der Waals surface area contributed by atoms with Crippen molar-refractivity contribution in [3.05, 3.63) is 24.3 Å². The van der Waals surface area contributed by atoms with Crippen LogP contribution in [0.4, 0.5) is 10.5 Å². The Kier molecular flexibility index (Phi) is 7.09. The normalized spacial score (nSPS) is 13.6. The molecule has 0 saturated carbocycles. The van der Waals surface area contributed by atoms with Crippen molar-refractivity contribution in [3.8, 4) is 0 Å². The zero-order valence-electron chi connectivity index (χ0n) is 12.4. The fraction of sp³-hybridized carbons (Fsp3) is 0.500. The van der Waals surface area contributed by atoms with Crippen molar-refractivity contribution >= 4 is 34.3 Å². The first-order valence-corrected chi connectivity index (χ1v) is 9.41. The monoisotopic (exact) mass is 314 g/mol. The minimum atomic E-state index is -1.05. The Balaban J connectivity index is 2.74. The lowest BCUT2D eigenvalue weighted by atomic mass is 10.2. The van der Waals surface area contributed by atoms with Gasteiger partial charge in [0.2, 0.25) is 0 Å². The summed E-state index contributed by atoms with van der Waals surface area (Å²) in [5.74, 6) is 0.916. The Hall–Kier alpha value is -1.01. The maximum Gasteiger partial charge on any atom is 0.321 e. The summed E-state index contributed by atoms with van der Waals surface area (Å²) < 4.78 is 11.4. The highest BCUT2D eigenvalue weighted by atomic mass is 32.2. The van der Waals surface area contributed by atoms with Crippen molar-refractivity contribution in [1.82, 2.24) is 4.90 Å². The number of nitrogens with zero attached hydrogens (tertiary/aromatic N) is 1. The second-order valence-corrected chi connectivity index (χ2v) is 6.83. The molecule has 0 spiro atoms. The number of carbonyl (C=O) groups excluding carboxylic acids is 1. The average molecular weight is 314 g/mol. The van der Waals surface area contributed by atoms with Crippen LogP contribution in [-0.4, -0.2) is 46.5 Å². The van der Waals surface area contributed by atoms with Crippen LogP contribution in [0.1, 0.15) is 13.3 Å². The number of anilines is 1. The minimum absolute atomic E-state index is 0.134. The van der Waals surface area contributed by atoms with Gasteiger partial charge in [0.1, 0.15) is 0 Å². The molecule has 0 fully saturated rings. The smallest absolute Gasteiger partial charge is 0.321 e. The maximum absolute atomic E-state index is 12.2. The van der Waals surface area contributed by atoms with Crippen molar-refractivity contribution in [3.63, 3.8) is 0 Å². The summed E-state index contributed by atoms with van der Waals surface area (Å²) in [4.78, 5) is 14.6. The van der Waals surface area contributed by atoms with Gasteiger partial charge in [-0.15, -0.1) is 0 Å². The molecule has 0 bridgehead atoms. The fourth-order valence-corrected chi connectivity index (χ4v) is 3.23. The van der Waals surface area contributed by atoms with Gasteiger partial charge in [-0.25, -0.2) is 4.79 Å². The molecule has 1 rings (SSSR count). The third-order valence-electron chi connectivity index (χ3n) is 3.12. The van der Waals surface area contributed by atoms with E-state index in [-0.39, 0.29) is 12.1 Å². The molecule has 4 nitrogen and oxygen atoms in total. The summed E-state index contributed by atoms with van der Waals surface area (Å²) in [6, 6.07) is 7.22. The third-order valence-corrected chi connectivity index (χ3v) is 4.75. The molecule has 0 aliphatic rings. The average Bonchev–Trinajstić information content (AvgIpc) is 2.44. The number of urea groups is 1.